The third-order valence-corrected chi connectivity index (χ3v) is 6.18. The van der Waals surface area contributed by atoms with Gasteiger partial charge in [0.05, 0.1) is 5.75 Å². The third-order valence-electron chi connectivity index (χ3n) is 2.58. The fourth-order valence-corrected chi connectivity index (χ4v) is 4.25. The topological polar surface area (TPSA) is 29.1 Å². The molecule has 1 heterocycles. The van der Waals surface area contributed by atoms with Crippen LogP contribution in [0.1, 0.15) is 4.88 Å². The van der Waals surface area contributed by atoms with E-state index in [1.165, 1.54) is 4.88 Å². The summed E-state index contributed by atoms with van der Waals surface area (Å²) in [6.45, 7) is 0.732. The highest BCUT2D eigenvalue weighted by molar-refractivity contribution is 9.10. The zero-order valence-electron chi connectivity index (χ0n) is 11.4. The lowest BCUT2D eigenvalue weighted by atomic mass is 10.4. The second kappa shape index (κ2) is 9.56. The molecule has 2 rings (SSSR count). The molecule has 0 aliphatic heterocycles. The number of benzene rings is 1. The van der Waals surface area contributed by atoms with Gasteiger partial charge in [-0.1, -0.05) is 22.0 Å². The number of amides is 1. The lowest BCUT2D eigenvalue weighted by Gasteiger charge is -2.05. The van der Waals surface area contributed by atoms with Crippen LogP contribution in [0.3, 0.4) is 0 Å². The van der Waals surface area contributed by atoms with Crippen LogP contribution < -0.4 is 5.32 Å². The van der Waals surface area contributed by atoms with Gasteiger partial charge in [0, 0.05) is 32.3 Å². The monoisotopic (exact) mass is 401 g/mol. The van der Waals surface area contributed by atoms with Crippen molar-refractivity contribution >= 4 is 56.7 Å². The van der Waals surface area contributed by atoms with Crippen molar-refractivity contribution in [3.8, 4) is 0 Å². The maximum absolute atomic E-state index is 11.7. The smallest absolute Gasteiger partial charge is 0.230 e. The van der Waals surface area contributed by atoms with Gasteiger partial charge >= 0.3 is 0 Å². The van der Waals surface area contributed by atoms with Gasteiger partial charge in [-0.05, 0) is 35.7 Å². The second-order valence-corrected chi connectivity index (χ2v) is 8.33. The van der Waals surface area contributed by atoms with E-state index in [1.54, 1.807) is 23.1 Å². The number of carbonyl (C=O) groups excluding carboxylic acids is 1. The van der Waals surface area contributed by atoms with E-state index in [0.29, 0.717) is 5.75 Å². The number of thioether (sulfide) groups is 2. The van der Waals surface area contributed by atoms with Crippen LogP contribution in [0.25, 0.3) is 0 Å². The largest absolute Gasteiger partial charge is 0.355 e. The Labute approximate surface area is 146 Å². The van der Waals surface area contributed by atoms with Gasteiger partial charge in [-0.15, -0.1) is 23.1 Å². The van der Waals surface area contributed by atoms with E-state index in [4.69, 9.17) is 0 Å². The van der Waals surface area contributed by atoms with Crippen molar-refractivity contribution in [2.24, 2.45) is 0 Å². The summed E-state index contributed by atoms with van der Waals surface area (Å²) in [5, 5.41) is 5.05. The first kappa shape index (κ1) is 16.9. The fraction of sp³-hybridized carbons (Fsp3) is 0.267. The van der Waals surface area contributed by atoms with Crippen molar-refractivity contribution in [3.05, 3.63) is 51.1 Å². The molecule has 1 N–H and O–H groups in total. The second-order valence-electron chi connectivity index (χ2n) is 4.22. The van der Waals surface area contributed by atoms with Crippen molar-refractivity contribution in [1.29, 1.82) is 0 Å². The summed E-state index contributed by atoms with van der Waals surface area (Å²) in [5.41, 5.74) is 0. The van der Waals surface area contributed by atoms with Gasteiger partial charge in [-0.3, -0.25) is 4.79 Å². The lowest BCUT2D eigenvalue weighted by Crippen LogP contribution is -2.27. The first-order valence-corrected chi connectivity index (χ1v) is 10.3. The Kier molecular flexibility index (Phi) is 7.71. The van der Waals surface area contributed by atoms with E-state index in [0.717, 1.165) is 27.4 Å². The first-order valence-electron chi connectivity index (χ1n) is 6.49. The Balaban J connectivity index is 1.54. The summed E-state index contributed by atoms with van der Waals surface area (Å²) in [6.07, 6.45) is 0. The van der Waals surface area contributed by atoms with Gasteiger partial charge in [0.2, 0.25) is 5.91 Å². The van der Waals surface area contributed by atoms with Gasteiger partial charge in [0.1, 0.15) is 0 Å². The zero-order valence-corrected chi connectivity index (χ0v) is 15.4. The number of hydrogen-bond donors (Lipinski definition) is 1. The van der Waals surface area contributed by atoms with Crippen molar-refractivity contribution in [1.82, 2.24) is 5.32 Å². The van der Waals surface area contributed by atoms with Gasteiger partial charge in [-0.2, -0.15) is 11.8 Å². The summed E-state index contributed by atoms with van der Waals surface area (Å²) >= 11 is 8.59. The van der Waals surface area contributed by atoms with Gasteiger partial charge in [0.15, 0.2) is 0 Å². The number of rotatable bonds is 8. The molecule has 0 saturated heterocycles. The number of halogens is 1. The molecule has 112 valence electrons. The van der Waals surface area contributed by atoms with E-state index in [9.17, 15) is 4.79 Å². The Morgan fingerprint density at radius 3 is 2.76 bits per heavy atom. The lowest BCUT2D eigenvalue weighted by molar-refractivity contribution is -0.118. The average molecular weight is 402 g/mol. The normalized spacial score (nSPS) is 10.5. The van der Waals surface area contributed by atoms with Crippen LogP contribution in [0, 0.1) is 0 Å². The van der Waals surface area contributed by atoms with E-state index in [2.05, 4.69) is 38.8 Å². The maximum atomic E-state index is 11.7. The predicted molar refractivity (Wildman–Crippen MR) is 98.4 cm³/mol. The van der Waals surface area contributed by atoms with Crippen LogP contribution in [0.15, 0.2) is 51.1 Å². The highest BCUT2D eigenvalue weighted by Crippen LogP contribution is 2.20. The van der Waals surface area contributed by atoms with Crippen LogP contribution >= 0.6 is 50.8 Å². The maximum Gasteiger partial charge on any atom is 0.230 e. The van der Waals surface area contributed by atoms with Crippen molar-refractivity contribution in [2.45, 2.75) is 10.6 Å². The van der Waals surface area contributed by atoms with Crippen LogP contribution in [-0.2, 0) is 10.5 Å². The van der Waals surface area contributed by atoms with E-state index < -0.39 is 0 Å². The number of thiophene rings is 1. The Hall–Kier alpha value is -0.430. The van der Waals surface area contributed by atoms with Crippen molar-refractivity contribution in [2.75, 3.05) is 18.1 Å². The number of hydrogen-bond acceptors (Lipinski definition) is 4. The molecule has 1 amide bonds. The predicted octanol–water partition coefficient (Wildman–Crippen LogP) is 4.65. The van der Waals surface area contributed by atoms with E-state index in [-0.39, 0.29) is 5.91 Å². The Morgan fingerprint density at radius 2 is 2.05 bits per heavy atom. The average Bonchev–Trinajstić information content (AvgIpc) is 2.99. The molecule has 0 aliphatic carbocycles. The molecule has 0 atom stereocenters. The molecular weight excluding hydrogens is 386 g/mol. The minimum absolute atomic E-state index is 0.0969. The molecule has 21 heavy (non-hydrogen) atoms. The van der Waals surface area contributed by atoms with Crippen LogP contribution in [0.2, 0.25) is 0 Å². The molecule has 0 bridgehead atoms. The van der Waals surface area contributed by atoms with Crippen molar-refractivity contribution in [3.63, 3.8) is 0 Å². The third kappa shape index (κ3) is 6.91. The van der Waals surface area contributed by atoms with Crippen LogP contribution in [-0.4, -0.2) is 24.0 Å². The number of nitrogens with one attached hydrogen (secondary N) is 1. The molecule has 0 fully saturated rings. The molecule has 2 nitrogen and oxygen atoms in total. The molecule has 1 aromatic heterocycles. The minimum atomic E-state index is 0.0969. The summed E-state index contributed by atoms with van der Waals surface area (Å²) in [4.78, 5) is 14.2. The van der Waals surface area contributed by atoms with Crippen LogP contribution in [0.4, 0.5) is 0 Å². The molecule has 0 aliphatic rings. The molecule has 0 spiro atoms. The summed E-state index contributed by atoms with van der Waals surface area (Å²) < 4.78 is 1.05. The molecule has 0 radical (unpaired) electrons. The van der Waals surface area contributed by atoms with Gasteiger partial charge in [0.25, 0.3) is 0 Å². The van der Waals surface area contributed by atoms with E-state index in [1.807, 2.05) is 36.0 Å². The SMILES string of the molecule is O=C(CSc1ccc(Br)cc1)NCCSCc1cccs1. The summed E-state index contributed by atoms with van der Waals surface area (Å²) in [7, 11) is 0. The van der Waals surface area contributed by atoms with Crippen LogP contribution in [0.5, 0.6) is 0 Å². The number of carbonyl (C=O) groups is 1. The highest BCUT2D eigenvalue weighted by atomic mass is 79.9. The van der Waals surface area contributed by atoms with E-state index >= 15 is 0 Å². The van der Waals surface area contributed by atoms with Crippen molar-refractivity contribution < 1.29 is 4.79 Å². The summed E-state index contributed by atoms with van der Waals surface area (Å²) in [5.74, 6) is 2.55. The first-order chi connectivity index (χ1) is 10.2. The zero-order chi connectivity index (χ0) is 14.9. The molecule has 2 aromatic rings. The molecule has 0 unspecified atom stereocenters. The quantitative estimate of drug-likeness (QED) is 0.515. The fourth-order valence-electron chi connectivity index (χ4n) is 1.56. The molecule has 0 saturated carbocycles. The molecule has 1 aromatic carbocycles. The standard InChI is InChI=1S/C15H16BrNOS3/c16-12-3-5-13(6-4-12)21-11-15(18)17-7-9-19-10-14-2-1-8-20-14/h1-6,8H,7,9-11H2,(H,17,18). The molecule has 6 heteroatoms. The molecular formula is C15H16BrNOS3. The summed E-state index contributed by atoms with van der Waals surface area (Å²) in [6, 6.07) is 12.2. The minimum Gasteiger partial charge on any atom is -0.355 e. The highest BCUT2D eigenvalue weighted by Gasteiger charge is 2.02. The Morgan fingerprint density at radius 1 is 1.24 bits per heavy atom. The Bertz CT molecular complexity index is 543. The van der Waals surface area contributed by atoms with Gasteiger partial charge < -0.3 is 5.32 Å². The van der Waals surface area contributed by atoms with Gasteiger partial charge in [-0.25, -0.2) is 0 Å².